The van der Waals surface area contributed by atoms with Gasteiger partial charge in [-0.15, -0.1) is 0 Å². The number of hydrogen-bond acceptors (Lipinski definition) is 4. The second-order valence-corrected chi connectivity index (χ2v) is 14.0. The number of benzene rings is 4. The summed E-state index contributed by atoms with van der Waals surface area (Å²) in [4.78, 5) is 28.8. The number of aromatic carboxylic acids is 1. The summed E-state index contributed by atoms with van der Waals surface area (Å²) in [7, 11) is 1.92. The van der Waals surface area contributed by atoms with Crippen molar-refractivity contribution in [3.63, 3.8) is 0 Å². The molecule has 7 rings (SSSR count). The van der Waals surface area contributed by atoms with Gasteiger partial charge in [0.05, 0.1) is 34.1 Å². The minimum absolute atomic E-state index is 0.136. The molecule has 1 aliphatic rings. The largest absolute Gasteiger partial charge is 0.494 e. The van der Waals surface area contributed by atoms with Gasteiger partial charge in [-0.05, 0) is 99.9 Å². The van der Waals surface area contributed by atoms with Crippen LogP contribution in [0.15, 0.2) is 60.7 Å². The molecule has 1 aliphatic heterocycles. The summed E-state index contributed by atoms with van der Waals surface area (Å²) in [6, 6.07) is 18.4. The Morgan fingerprint density at radius 3 is 2.32 bits per heavy atom. The topological polar surface area (TPSA) is 89.6 Å². The Hall–Kier alpha value is -4.79. The molecule has 256 valence electrons. The fraction of sp³-hybridized carbons (Fsp3) is 0.275. The van der Waals surface area contributed by atoms with Gasteiger partial charge in [0.15, 0.2) is 0 Å². The molecule has 50 heavy (non-hydrogen) atoms. The first-order chi connectivity index (χ1) is 23.9. The molecule has 0 radical (unpaired) electrons. The van der Waals surface area contributed by atoms with E-state index in [1.165, 1.54) is 0 Å². The number of aryl methyl sites for hydroxylation is 5. The summed E-state index contributed by atoms with van der Waals surface area (Å²) in [6.45, 7) is 10.9. The molecule has 8 nitrogen and oxygen atoms in total. The average molecular weight is 710 g/mol. The molecular weight excluding hydrogens is 671 g/mol. The Balaban J connectivity index is 1.38. The first-order valence-corrected chi connectivity index (χ1v) is 17.5. The van der Waals surface area contributed by atoms with Crippen LogP contribution < -0.4 is 9.64 Å². The number of nitrogens with zero attached hydrogens (tertiary/aromatic N) is 4. The molecule has 0 saturated heterocycles. The van der Waals surface area contributed by atoms with Crippen LogP contribution in [0.1, 0.15) is 68.3 Å². The Morgan fingerprint density at radius 2 is 1.66 bits per heavy atom. The third kappa shape index (κ3) is 5.42. The number of carbonyl (C=O) groups excluding carboxylic acids is 1. The number of carbonyl (C=O) groups is 2. The van der Waals surface area contributed by atoms with Crippen LogP contribution in [0, 0.1) is 27.7 Å². The molecule has 1 amide bonds. The third-order valence-corrected chi connectivity index (χ3v) is 10.9. The number of rotatable bonds is 8. The molecular formula is C40H38Cl2N4O4. The van der Waals surface area contributed by atoms with Gasteiger partial charge in [-0.1, -0.05) is 53.5 Å². The predicted octanol–water partition coefficient (Wildman–Crippen LogP) is 9.67. The maximum atomic E-state index is 14.9. The van der Waals surface area contributed by atoms with Gasteiger partial charge in [0.1, 0.15) is 11.4 Å². The van der Waals surface area contributed by atoms with Gasteiger partial charge < -0.3 is 19.3 Å². The maximum Gasteiger partial charge on any atom is 0.336 e. The van der Waals surface area contributed by atoms with Gasteiger partial charge in [0, 0.05) is 52.3 Å². The van der Waals surface area contributed by atoms with Crippen LogP contribution in [0.3, 0.4) is 0 Å². The lowest BCUT2D eigenvalue weighted by atomic mass is 9.98. The summed E-state index contributed by atoms with van der Waals surface area (Å²) >= 11 is 13.5. The maximum absolute atomic E-state index is 14.9. The van der Waals surface area contributed by atoms with Crippen molar-refractivity contribution in [3.05, 3.63) is 110 Å². The van der Waals surface area contributed by atoms with E-state index in [1.54, 1.807) is 23.1 Å². The number of amides is 1. The van der Waals surface area contributed by atoms with Crippen LogP contribution in [-0.4, -0.2) is 44.5 Å². The molecule has 2 aromatic heterocycles. The minimum atomic E-state index is -1.01. The standard InChI is InChI=1S/C40H38Cl2N4O4/c1-21-18-26(19-22(2)36(21)42)50-17-9-12-29-30-13-15-32(41)35(34-24(4)43-44(6)25(34)5)37(30)46-23(3)20-45(39(47)38(29)46)33-16-14-31(40(48)49)27-10-7-8-11-28(27)33/h7-8,10-11,13-16,18-19,23H,9,12,17,20H2,1-6H3,(H,48,49)/t23-/m1/s1. The van der Waals surface area contributed by atoms with Crippen LogP contribution in [0.4, 0.5) is 5.69 Å². The summed E-state index contributed by atoms with van der Waals surface area (Å²) in [6.07, 6.45) is 1.25. The first-order valence-electron chi connectivity index (χ1n) is 16.7. The number of aromatic nitrogens is 3. The van der Waals surface area contributed by atoms with E-state index in [9.17, 15) is 14.7 Å². The van der Waals surface area contributed by atoms with E-state index in [-0.39, 0.29) is 17.5 Å². The number of anilines is 1. The quantitative estimate of drug-likeness (QED) is 0.159. The van der Waals surface area contributed by atoms with E-state index >= 15 is 0 Å². The van der Waals surface area contributed by atoms with Crippen molar-refractivity contribution in [3.8, 4) is 16.9 Å². The highest BCUT2D eigenvalue weighted by molar-refractivity contribution is 6.35. The highest BCUT2D eigenvalue weighted by Crippen LogP contribution is 2.45. The van der Waals surface area contributed by atoms with Crippen molar-refractivity contribution in [2.75, 3.05) is 18.1 Å². The van der Waals surface area contributed by atoms with E-state index in [2.05, 4.69) is 11.5 Å². The number of carboxylic acid groups (broad SMARTS) is 1. The van der Waals surface area contributed by atoms with Gasteiger partial charge in [0.2, 0.25) is 0 Å². The number of hydrogen-bond donors (Lipinski definition) is 1. The second-order valence-electron chi connectivity index (χ2n) is 13.3. The van der Waals surface area contributed by atoms with Crippen LogP contribution >= 0.6 is 23.2 Å². The van der Waals surface area contributed by atoms with Crippen molar-refractivity contribution in [1.29, 1.82) is 0 Å². The Morgan fingerprint density at radius 1 is 0.960 bits per heavy atom. The van der Waals surface area contributed by atoms with Crippen LogP contribution in [-0.2, 0) is 13.5 Å². The number of fused-ring (bicyclic) bond motifs is 4. The lowest BCUT2D eigenvalue weighted by Gasteiger charge is -2.35. The van der Waals surface area contributed by atoms with Crippen molar-refractivity contribution < 1.29 is 19.4 Å². The zero-order chi connectivity index (χ0) is 35.6. The first kappa shape index (κ1) is 33.7. The summed E-state index contributed by atoms with van der Waals surface area (Å²) < 4.78 is 10.2. The van der Waals surface area contributed by atoms with E-state index < -0.39 is 5.97 Å². The molecule has 10 heteroatoms. The molecule has 0 unspecified atom stereocenters. The van der Waals surface area contributed by atoms with E-state index in [0.717, 1.165) is 60.9 Å². The summed E-state index contributed by atoms with van der Waals surface area (Å²) in [5.74, 6) is -0.392. The molecule has 0 spiro atoms. The highest BCUT2D eigenvalue weighted by Gasteiger charge is 2.37. The average Bonchev–Trinajstić information content (AvgIpc) is 3.55. The molecule has 0 fully saturated rings. The lowest BCUT2D eigenvalue weighted by Crippen LogP contribution is -2.42. The summed E-state index contributed by atoms with van der Waals surface area (Å²) in [5.41, 5.74) is 8.92. The van der Waals surface area contributed by atoms with Crippen molar-refractivity contribution in [2.24, 2.45) is 7.05 Å². The Bertz CT molecular complexity index is 2350. The fourth-order valence-corrected chi connectivity index (χ4v) is 8.00. The molecule has 1 N–H and O–H groups in total. The smallest absolute Gasteiger partial charge is 0.336 e. The van der Waals surface area contributed by atoms with Crippen molar-refractivity contribution in [2.45, 2.75) is 53.5 Å². The van der Waals surface area contributed by atoms with Gasteiger partial charge in [-0.25, -0.2) is 4.79 Å². The van der Waals surface area contributed by atoms with E-state index in [4.69, 9.17) is 33.0 Å². The number of ether oxygens (including phenoxy) is 1. The molecule has 0 saturated carbocycles. The second kappa shape index (κ2) is 12.8. The zero-order valence-electron chi connectivity index (χ0n) is 28.9. The molecule has 1 atom stereocenters. The number of halogens is 2. The molecule has 6 aromatic rings. The highest BCUT2D eigenvalue weighted by atomic mass is 35.5. The van der Waals surface area contributed by atoms with Crippen molar-refractivity contribution >= 4 is 62.4 Å². The van der Waals surface area contributed by atoms with Gasteiger partial charge in [0.25, 0.3) is 5.91 Å². The molecule has 4 aromatic carbocycles. The van der Waals surface area contributed by atoms with Gasteiger partial charge >= 0.3 is 5.97 Å². The fourth-order valence-electron chi connectivity index (χ4n) is 7.64. The Labute approximate surface area is 300 Å². The molecule has 0 bridgehead atoms. The van der Waals surface area contributed by atoms with Crippen LogP contribution in [0.2, 0.25) is 10.0 Å². The summed E-state index contributed by atoms with van der Waals surface area (Å²) in [5, 5.41) is 18.2. The van der Waals surface area contributed by atoms with E-state index in [0.29, 0.717) is 53.2 Å². The van der Waals surface area contributed by atoms with Crippen molar-refractivity contribution in [1.82, 2.24) is 14.3 Å². The number of carboxylic acids is 1. The molecule has 3 heterocycles. The lowest BCUT2D eigenvalue weighted by molar-refractivity contribution is 0.0699. The van der Waals surface area contributed by atoms with Gasteiger partial charge in [-0.3, -0.25) is 9.48 Å². The van der Waals surface area contributed by atoms with E-state index in [1.807, 2.05) is 81.9 Å². The van der Waals surface area contributed by atoms with Crippen LogP contribution in [0.5, 0.6) is 5.75 Å². The normalized spacial score (nSPS) is 14.5. The SMILES string of the molecule is Cc1cc(OCCCc2c3n(c4c(-c5c(C)nn(C)c5C)c(Cl)ccc24)[C@H](C)CN(c2ccc(C(=O)O)c4ccccc24)C3=O)cc(C)c1Cl. The third-order valence-electron chi connectivity index (χ3n) is 9.99. The van der Waals surface area contributed by atoms with Gasteiger partial charge in [-0.2, -0.15) is 5.10 Å². The molecule has 0 aliphatic carbocycles. The minimum Gasteiger partial charge on any atom is -0.494 e. The zero-order valence-corrected chi connectivity index (χ0v) is 30.4. The predicted molar refractivity (Wildman–Crippen MR) is 201 cm³/mol. The monoisotopic (exact) mass is 708 g/mol. The van der Waals surface area contributed by atoms with Crippen LogP contribution in [0.25, 0.3) is 32.8 Å². The Kier molecular flexibility index (Phi) is 8.65.